The summed E-state index contributed by atoms with van der Waals surface area (Å²) >= 11 is 7.50. The fraction of sp³-hybridized carbons (Fsp3) is 0.250. The lowest BCUT2D eigenvalue weighted by Gasteiger charge is -2.30. The molecule has 2 aromatic carbocycles. The lowest BCUT2D eigenvalue weighted by atomic mass is 9.81. The molecule has 1 aliphatic carbocycles. The van der Waals surface area contributed by atoms with E-state index >= 15 is 0 Å². The highest BCUT2D eigenvalue weighted by molar-refractivity contribution is 7.12. The van der Waals surface area contributed by atoms with Crippen LogP contribution in [0.1, 0.15) is 56.1 Å². The quantitative estimate of drug-likeness (QED) is 0.177. The minimum Gasteiger partial charge on any atom is -0.422 e. The van der Waals surface area contributed by atoms with Gasteiger partial charge in [-0.15, -0.1) is 11.3 Å². The number of carbonyl (C=O) groups is 5. The molecule has 3 aromatic rings. The van der Waals surface area contributed by atoms with E-state index in [0.29, 0.717) is 17.7 Å². The van der Waals surface area contributed by atoms with E-state index in [2.05, 4.69) is 0 Å². The van der Waals surface area contributed by atoms with Crippen molar-refractivity contribution in [2.75, 3.05) is 6.54 Å². The van der Waals surface area contributed by atoms with Crippen molar-refractivity contribution in [1.82, 2.24) is 10.0 Å². The second-order valence-corrected chi connectivity index (χ2v) is 10.5. The van der Waals surface area contributed by atoms with Crippen LogP contribution in [0.15, 0.2) is 66.0 Å². The number of hydrazine groups is 1. The molecular weight excluding hydrogens is 528 g/mol. The van der Waals surface area contributed by atoms with Crippen LogP contribution >= 0.6 is 22.9 Å². The standard InChI is InChI=1S/C28H23ClN2O6S/c29-22-9-4-3-8-21(22)25(33)30(31-26(34)19-6-1-2-7-20(19)27(31)35)16-23(32)17-11-13-18(14-12-17)37-28(36)24-10-5-15-38-24/h3-5,8-15,19-20H,1-2,6-7,16H2/t19-,20-/m0/s1. The third kappa shape index (κ3) is 4.99. The third-order valence-electron chi connectivity index (χ3n) is 6.80. The van der Waals surface area contributed by atoms with Crippen molar-refractivity contribution < 1.29 is 28.7 Å². The second-order valence-electron chi connectivity index (χ2n) is 9.14. The van der Waals surface area contributed by atoms with Crippen LogP contribution in [0.25, 0.3) is 0 Å². The highest BCUT2D eigenvalue weighted by Crippen LogP contribution is 2.39. The number of halogens is 1. The normalized spacial score (nSPS) is 18.7. The van der Waals surface area contributed by atoms with Gasteiger partial charge in [0.15, 0.2) is 5.78 Å². The molecule has 2 fully saturated rings. The first-order chi connectivity index (χ1) is 18.3. The maximum atomic E-state index is 13.6. The lowest BCUT2D eigenvalue weighted by Crippen LogP contribution is -2.52. The van der Waals surface area contributed by atoms with Gasteiger partial charge in [0.05, 0.1) is 22.4 Å². The van der Waals surface area contributed by atoms with Gasteiger partial charge in [0.25, 0.3) is 17.7 Å². The summed E-state index contributed by atoms with van der Waals surface area (Å²) in [6.07, 6.45) is 2.79. The lowest BCUT2D eigenvalue weighted by molar-refractivity contribution is -0.154. The molecule has 8 nitrogen and oxygen atoms in total. The molecular formula is C28H23ClN2O6S. The van der Waals surface area contributed by atoms with E-state index in [4.69, 9.17) is 16.3 Å². The summed E-state index contributed by atoms with van der Waals surface area (Å²) in [5, 5.41) is 3.67. The molecule has 1 saturated heterocycles. The predicted octanol–water partition coefficient (Wildman–Crippen LogP) is 5.04. The Bertz CT molecular complexity index is 1380. The smallest absolute Gasteiger partial charge is 0.353 e. The summed E-state index contributed by atoms with van der Waals surface area (Å²) in [4.78, 5) is 66.1. The highest BCUT2D eigenvalue weighted by Gasteiger charge is 2.52. The number of nitrogens with zero attached hydrogens (tertiary/aromatic N) is 2. The molecule has 38 heavy (non-hydrogen) atoms. The van der Waals surface area contributed by atoms with Crippen LogP contribution in [0.2, 0.25) is 5.02 Å². The number of rotatable bonds is 7. The summed E-state index contributed by atoms with van der Waals surface area (Å²) in [6.45, 7) is -0.546. The molecule has 1 aliphatic heterocycles. The number of esters is 1. The molecule has 1 saturated carbocycles. The zero-order valence-electron chi connectivity index (χ0n) is 20.2. The highest BCUT2D eigenvalue weighted by atomic mass is 35.5. The maximum absolute atomic E-state index is 13.6. The van der Waals surface area contributed by atoms with Gasteiger partial charge >= 0.3 is 5.97 Å². The number of carbonyl (C=O) groups excluding carboxylic acids is 5. The summed E-state index contributed by atoms with van der Waals surface area (Å²) in [6, 6.07) is 15.5. The first kappa shape index (κ1) is 25.8. The summed E-state index contributed by atoms with van der Waals surface area (Å²) < 4.78 is 5.33. The van der Waals surface area contributed by atoms with Crippen molar-refractivity contribution in [3.63, 3.8) is 0 Å². The number of hydrogen-bond donors (Lipinski definition) is 0. The van der Waals surface area contributed by atoms with E-state index in [1.807, 2.05) is 0 Å². The molecule has 2 heterocycles. The van der Waals surface area contributed by atoms with Crippen LogP contribution < -0.4 is 4.74 Å². The minimum absolute atomic E-state index is 0.0771. The molecule has 2 atom stereocenters. The van der Waals surface area contributed by atoms with Crippen LogP contribution in [0, 0.1) is 11.8 Å². The molecule has 0 unspecified atom stereocenters. The molecule has 3 amide bonds. The zero-order chi connectivity index (χ0) is 26.8. The van der Waals surface area contributed by atoms with Crippen LogP contribution in [0.5, 0.6) is 5.75 Å². The molecule has 5 rings (SSSR count). The Labute approximate surface area is 227 Å². The maximum Gasteiger partial charge on any atom is 0.353 e. The fourth-order valence-corrected chi connectivity index (χ4v) is 5.69. The van der Waals surface area contributed by atoms with Crippen molar-refractivity contribution >= 4 is 52.4 Å². The number of amides is 3. The number of imide groups is 1. The average molecular weight is 551 g/mol. The van der Waals surface area contributed by atoms with E-state index in [1.54, 1.807) is 29.6 Å². The van der Waals surface area contributed by atoms with Crippen LogP contribution in [0.4, 0.5) is 0 Å². The van der Waals surface area contributed by atoms with Crippen molar-refractivity contribution in [1.29, 1.82) is 0 Å². The van der Waals surface area contributed by atoms with Gasteiger partial charge in [0.2, 0.25) is 0 Å². The number of ether oxygens (including phenoxy) is 1. The molecule has 0 bridgehead atoms. The molecule has 0 spiro atoms. The monoisotopic (exact) mass is 550 g/mol. The minimum atomic E-state index is -0.717. The van der Waals surface area contributed by atoms with Gasteiger partial charge in [-0.25, -0.2) is 9.80 Å². The van der Waals surface area contributed by atoms with Gasteiger partial charge in [-0.2, -0.15) is 5.01 Å². The van der Waals surface area contributed by atoms with Crippen molar-refractivity contribution in [2.24, 2.45) is 11.8 Å². The van der Waals surface area contributed by atoms with Gasteiger partial charge in [0.1, 0.15) is 17.2 Å². The number of hydrogen-bond acceptors (Lipinski definition) is 7. The molecule has 194 valence electrons. The molecule has 0 N–H and O–H groups in total. The van der Waals surface area contributed by atoms with Crippen molar-refractivity contribution in [3.05, 3.63) is 87.1 Å². The Morgan fingerprint density at radius 3 is 2.18 bits per heavy atom. The molecule has 0 radical (unpaired) electrons. The number of Topliss-reactive ketones (excluding diaryl/α,β-unsaturated/α-hetero) is 1. The Morgan fingerprint density at radius 2 is 1.58 bits per heavy atom. The van der Waals surface area contributed by atoms with E-state index in [0.717, 1.165) is 22.9 Å². The van der Waals surface area contributed by atoms with Gasteiger partial charge in [0, 0.05) is 5.56 Å². The first-order valence-electron chi connectivity index (χ1n) is 12.2. The fourth-order valence-electron chi connectivity index (χ4n) is 4.88. The summed E-state index contributed by atoms with van der Waals surface area (Å²) in [5.74, 6) is -3.41. The molecule has 1 aromatic heterocycles. The van der Waals surface area contributed by atoms with E-state index < -0.39 is 47.9 Å². The van der Waals surface area contributed by atoms with Gasteiger partial charge in [-0.1, -0.05) is 42.6 Å². The Hall–Kier alpha value is -3.82. The van der Waals surface area contributed by atoms with E-state index in [9.17, 15) is 24.0 Å². The number of ketones is 1. The Kier molecular flexibility index (Phi) is 7.40. The molecule has 2 aliphatic rings. The molecule has 10 heteroatoms. The first-order valence-corrected chi connectivity index (χ1v) is 13.4. The van der Waals surface area contributed by atoms with Gasteiger partial charge in [-0.05, 0) is 60.7 Å². The number of benzene rings is 2. The van der Waals surface area contributed by atoms with Crippen LogP contribution in [-0.2, 0) is 9.59 Å². The Morgan fingerprint density at radius 1 is 0.921 bits per heavy atom. The second kappa shape index (κ2) is 10.9. The van der Waals surface area contributed by atoms with Crippen LogP contribution in [0.3, 0.4) is 0 Å². The van der Waals surface area contributed by atoms with E-state index in [1.165, 1.54) is 47.7 Å². The van der Waals surface area contributed by atoms with Gasteiger partial charge < -0.3 is 4.74 Å². The summed E-state index contributed by atoms with van der Waals surface area (Å²) in [5.41, 5.74) is 0.294. The Balaban J connectivity index is 1.39. The van der Waals surface area contributed by atoms with Crippen molar-refractivity contribution in [3.8, 4) is 5.75 Å². The third-order valence-corrected chi connectivity index (χ3v) is 7.98. The average Bonchev–Trinajstić information content (AvgIpc) is 3.55. The predicted molar refractivity (Wildman–Crippen MR) is 140 cm³/mol. The van der Waals surface area contributed by atoms with Gasteiger partial charge in [-0.3, -0.25) is 19.2 Å². The zero-order valence-corrected chi connectivity index (χ0v) is 21.7. The largest absolute Gasteiger partial charge is 0.422 e. The van der Waals surface area contributed by atoms with E-state index in [-0.39, 0.29) is 21.9 Å². The SMILES string of the molecule is O=C(CN(C(=O)c1ccccc1Cl)N1C(=O)[C@H]2CCCC[C@@H]2C1=O)c1ccc(OC(=O)c2cccs2)cc1. The number of thiophene rings is 1. The van der Waals surface area contributed by atoms with Crippen LogP contribution in [-0.4, -0.2) is 46.0 Å². The van der Waals surface area contributed by atoms with Crippen molar-refractivity contribution in [2.45, 2.75) is 25.7 Å². The topological polar surface area (TPSA) is 101 Å². The number of fused-ring (bicyclic) bond motifs is 1. The summed E-state index contributed by atoms with van der Waals surface area (Å²) in [7, 11) is 0.